The van der Waals surface area contributed by atoms with Gasteiger partial charge in [-0.25, -0.2) is 0 Å². The van der Waals surface area contributed by atoms with Gasteiger partial charge in [0.05, 0.1) is 0 Å². The topological polar surface area (TPSA) is 78.9 Å². The van der Waals surface area contributed by atoms with E-state index >= 15 is 0 Å². The van der Waals surface area contributed by atoms with Gasteiger partial charge in [0.2, 0.25) is 0 Å². The standard InChI is InChI=1S/C48H92O6/c1-6-7-8-9-10-11-12-13-14-15-16-17-18-22-28-33-38-46(49)52-41-45(54-48(51)40-35-30-25-24-27-32-37-44(4)5)42-53-47(50)39-34-29-23-20-19-21-26-31-36-43(2)3/h43-45H,6-42H2,1-5H3/t45-/m1/s1. The van der Waals surface area contributed by atoms with Crippen molar-refractivity contribution in [3.63, 3.8) is 0 Å². The Balaban J connectivity index is 4.26. The monoisotopic (exact) mass is 765 g/mol. The summed E-state index contributed by atoms with van der Waals surface area (Å²) in [6.07, 6.45) is 39.6. The molecule has 0 amide bonds. The van der Waals surface area contributed by atoms with Gasteiger partial charge in [0, 0.05) is 19.3 Å². The summed E-state index contributed by atoms with van der Waals surface area (Å²) >= 11 is 0. The molecule has 0 heterocycles. The van der Waals surface area contributed by atoms with Crippen molar-refractivity contribution in [1.82, 2.24) is 0 Å². The lowest BCUT2D eigenvalue weighted by Gasteiger charge is -2.18. The molecule has 6 nitrogen and oxygen atoms in total. The molecule has 0 N–H and O–H groups in total. The van der Waals surface area contributed by atoms with Crippen molar-refractivity contribution >= 4 is 17.9 Å². The maximum absolute atomic E-state index is 12.7. The van der Waals surface area contributed by atoms with Crippen molar-refractivity contribution in [2.45, 2.75) is 265 Å². The highest BCUT2D eigenvalue weighted by Gasteiger charge is 2.19. The molecule has 0 rings (SSSR count). The molecule has 54 heavy (non-hydrogen) atoms. The maximum Gasteiger partial charge on any atom is 0.306 e. The van der Waals surface area contributed by atoms with Gasteiger partial charge in [0.1, 0.15) is 13.2 Å². The lowest BCUT2D eigenvalue weighted by molar-refractivity contribution is -0.167. The first-order valence-corrected chi connectivity index (χ1v) is 23.7. The zero-order valence-electron chi connectivity index (χ0n) is 36.8. The molecule has 0 aliphatic heterocycles. The molecule has 0 saturated heterocycles. The number of esters is 3. The van der Waals surface area contributed by atoms with E-state index in [1.165, 1.54) is 148 Å². The number of unbranched alkanes of at least 4 members (excludes halogenated alkanes) is 27. The van der Waals surface area contributed by atoms with E-state index < -0.39 is 6.10 Å². The predicted octanol–water partition coefficient (Wildman–Crippen LogP) is 15.0. The van der Waals surface area contributed by atoms with E-state index in [0.29, 0.717) is 19.3 Å². The number of ether oxygens (including phenoxy) is 3. The second-order valence-corrected chi connectivity index (χ2v) is 17.3. The van der Waals surface area contributed by atoms with E-state index in [2.05, 4.69) is 34.6 Å². The normalized spacial score (nSPS) is 12.1. The lowest BCUT2D eigenvalue weighted by Crippen LogP contribution is -2.30. The lowest BCUT2D eigenvalue weighted by atomic mass is 10.0. The van der Waals surface area contributed by atoms with Crippen molar-refractivity contribution in [1.29, 1.82) is 0 Å². The van der Waals surface area contributed by atoms with Gasteiger partial charge in [0.15, 0.2) is 6.10 Å². The van der Waals surface area contributed by atoms with Gasteiger partial charge >= 0.3 is 17.9 Å². The second-order valence-electron chi connectivity index (χ2n) is 17.3. The van der Waals surface area contributed by atoms with Crippen LogP contribution in [0.4, 0.5) is 0 Å². The van der Waals surface area contributed by atoms with Crippen molar-refractivity contribution < 1.29 is 28.6 Å². The van der Waals surface area contributed by atoms with Crippen LogP contribution >= 0.6 is 0 Å². The molecule has 6 heteroatoms. The minimum absolute atomic E-state index is 0.0657. The number of hydrogen-bond donors (Lipinski definition) is 0. The van der Waals surface area contributed by atoms with Crippen molar-refractivity contribution in [3.8, 4) is 0 Å². The molecule has 0 aliphatic rings. The third-order valence-electron chi connectivity index (χ3n) is 10.7. The molecular formula is C48H92O6. The summed E-state index contributed by atoms with van der Waals surface area (Å²) in [4.78, 5) is 37.7. The largest absolute Gasteiger partial charge is 0.462 e. The molecule has 0 spiro atoms. The van der Waals surface area contributed by atoms with E-state index in [1.807, 2.05) is 0 Å². The van der Waals surface area contributed by atoms with Gasteiger partial charge in [-0.3, -0.25) is 14.4 Å². The molecule has 0 aromatic rings. The number of carbonyl (C=O) groups is 3. The van der Waals surface area contributed by atoms with E-state index in [1.54, 1.807) is 0 Å². The molecule has 0 fully saturated rings. The summed E-state index contributed by atoms with van der Waals surface area (Å²) in [5.41, 5.74) is 0. The minimum Gasteiger partial charge on any atom is -0.462 e. The summed E-state index contributed by atoms with van der Waals surface area (Å²) in [5.74, 6) is 0.694. The summed E-state index contributed by atoms with van der Waals surface area (Å²) in [7, 11) is 0. The van der Waals surface area contributed by atoms with Gasteiger partial charge in [-0.2, -0.15) is 0 Å². The number of hydrogen-bond acceptors (Lipinski definition) is 6. The van der Waals surface area contributed by atoms with Gasteiger partial charge in [-0.1, -0.05) is 221 Å². The average molecular weight is 765 g/mol. The predicted molar refractivity (Wildman–Crippen MR) is 229 cm³/mol. The Hall–Kier alpha value is -1.59. The number of rotatable bonds is 42. The Morgan fingerprint density at radius 2 is 0.611 bits per heavy atom. The van der Waals surface area contributed by atoms with Crippen molar-refractivity contribution in [3.05, 3.63) is 0 Å². The van der Waals surface area contributed by atoms with Crippen LogP contribution in [0, 0.1) is 11.8 Å². The van der Waals surface area contributed by atoms with Gasteiger partial charge in [-0.05, 0) is 31.1 Å². The smallest absolute Gasteiger partial charge is 0.306 e. The molecule has 1 atom stereocenters. The molecule has 0 aliphatic carbocycles. The Labute approximate surface area is 336 Å². The highest BCUT2D eigenvalue weighted by molar-refractivity contribution is 5.71. The van der Waals surface area contributed by atoms with Crippen LogP contribution in [-0.2, 0) is 28.6 Å². The molecule has 0 radical (unpaired) electrons. The van der Waals surface area contributed by atoms with E-state index in [-0.39, 0.29) is 31.1 Å². The van der Waals surface area contributed by atoms with Crippen LogP contribution in [-0.4, -0.2) is 37.2 Å². The first kappa shape index (κ1) is 52.4. The Kier molecular flexibility index (Phi) is 39.8. The van der Waals surface area contributed by atoms with Crippen LogP contribution in [0.2, 0.25) is 0 Å². The fraction of sp³-hybridized carbons (Fsp3) is 0.938. The summed E-state index contributed by atoms with van der Waals surface area (Å²) in [6, 6.07) is 0. The van der Waals surface area contributed by atoms with Crippen LogP contribution in [0.1, 0.15) is 259 Å². The van der Waals surface area contributed by atoms with Crippen LogP contribution in [0.25, 0.3) is 0 Å². The van der Waals surface area contributed by atoms with Crippen LogP contribution < -0.4 is 0 Å². The SMILES string of the molecule is CCCCCCCCCCCCCCCCCCC(=O)OC[C@H](COC(=O)CCCCCCCCCCC(C)C)OC(=O)CCCCCCCCC(C)C. The third kappa shape index (κ3) is 41.6. The van der Waals surface area contributed by atoms with E-state index in [9.17, 15) is 14.4 Å². The van der Waals surface area contributed by atoms with E-state index in [0.717, 1.165) is 69.6 Å². The molecule has 0 saturated carbocycles. The molecule has 320 valence electrons. The summed E-state index contributed by atoms with van der Waals surface area (Å²) < 4.78 is 16.7. The summed E-state index contributed by atoms with van der Waals surface area (Å²) in [6.45, 7) is 11.2. The zero-order valence-corrected chi connectivity index (χ0v) is 36.8. The Morgan fingerprint density at radius 1 is 0.352 bits per heavy atom. The van der Waals surface area contributed by atoms with Gasteiger partial charge < -0.3 is 14.2 Å². The van der Waals surface area contributed by atoms with Crippen LogP contribution in [0.5, 0.6) is 0 Å². The van der Waals surface area contributed by atoms with Crippen LogP contribution in [0.15, 0.2) is 0 Å². The third-order valence-corrected chi connectivity index (χ3v) is 10.7. The van der Waals surface area contributed by atoms with Crippen LogP contribution in [0.3, 0.4) is 0 Å². The fourth-order valence-corrected chi connectivity index (χ4v) is 7.11. The number of carbonyl (C=O) groups excluding carboxylic acids is 3. The summed E-state index contributed by atoms with van der Waals surface area (Å²) in [5, 5.41) is 0. The first-order chi connectivity index (χ1) is 26.2. The molecule has 0 aromatic carbocycles. The zero-order chi connectivity index (χ0) is 39.7. The average Bonchev–Trinajstić information content (AvgIpc) is 3.14. The minimum atomic E-state index is -0.761. The van der Waals surface area contributed by atoms with Crippen molar-refractivity contribution in [2.75, 3.05) is 13.2 Å². The quantitative estimate of drug-likeness (QED) is 0.0350. The molecule has 0 aromatic heterocycles. The van der Waals surface area contributed by atoms with E-state index in [4.69, 9.17) is 14.2 Å². The highest BCUT2D eigenvalue weighted by atomic mass is 16.6. The highest BCUT2D eigenvalue weighted by Crippen LogP contribution is 2.17. The van der Waals surface area contributed by atoms with Gasteiger partial charge in [-0.15, -0.1) is 0 Å². The second kappa shape index (κ2) is 41.1. The first-order valence-electron chi connectivity index (χ1n) is 23.7. The van der Waals surface area contributed by atoms with Crippen molar-refractivity contribution in [2.24, 2.45) is 11.8 Å². The molecule has 0 unspecified atom stereocenters. The molecule has 0 bridgehead atoms. The maximum atomic E-state index is 12.7. The Bertz CT molecular complexity index is 824. The van der Waals surface area contributed by atoms with Gasteiger partial charge in [0.25, 0.3) is 0 Å². The Morgan fingerprint density at radius 3 is 0.907 bits per heavy atom. The molecular weight excluding hydrogens is 673 g/mol. The fourth-order valence-electron chi connectivity index (χ4n) is 7.11.